The van der Waals surface area contributed by atoms with Gasteiger partial charge in [-0.25, -0.2) is 8.78 Å². The topological polar surface area (TPSA) is 51.0 Å². The summed E-state index contributed by atoms with van der Waals surface area (Å²) in [6, 6.07) is 9.45. The third kappa shape index (κ3) is 3.86. The number of aryl methyl sites for hydroxylation is 3. The van der Waals surface area contributed by atoms with E-state index in [0.29, 0.717) is 11.3 Å². The lowest BCUT2D eigenvalue weighted by molar-refractivity contribution is 0.0778. The van der Waals surface area contributed by atoms with Crippen LogP contribution in [0, 0.1) is 32.4 Å². The molecule has 1 heterocycles. The molecule has 27 heavy (non-hydrogen) atoms. The summed E-state index contributed by atoms with van der Waals surface area (Å²) in [5.41, 5.74) is 4.13. The summed E-state index contributed by atoms with van der Waals surface area (Å²) in [6.45, 7) is 5.80. The highest BCUT2D eigenvalue weighted by Crippen LogP contribution is 2.17. The number of rotatable bonds is 4. The fraction of sp³-hybridized carbons (Fsp3) is 0.250. The monoisotopic (exact) mass is 370 g/mol. The zero-order valence-electron chi connectivity index (χ0n) is 15.6. The molecule has 0 aliphatic rings. The predicted octanol–water partition coefficient (Wildman–Crippen LogP) is 3.74. The van der Waals surface area contributed by atoms with Gasteiger partial charge in [0.1, 0.15) is 0 Å². The molecule has 0 atom stereocenters. The Labute approximate surface area is 156 Å². The van der Waals surface area contributed by atoms with E-state index in [1.54, 1.807) is 14.0 Å². The number of halogens is 2. The summed E-state index contributed by atoms with van der Waals surface area (Å²) < 4.78 is 26.4. The van der Waals surface area contributed by atoms with Gasteiger partial charge in [0.25, 0.3) is 5.91 Å². The maximum Gasteiger partial charge on any atom is 0.276 e. The Morgan fingerprint density at radius 2 is 1.78 bits per heavy atom. The quantitative estimate of drug-likeness (QED) is 0.703. The standard InChI is InChI=1S/C20H20F2N4O/c1-12-5-8-18(13(2)9-12)26-23-14(3)19(24-26)20(27)25(4)11-15-6-7-16(21)17(22)10-15/h5-10H,11H2,1-4H3. The molecule has 0 N–H and O–H groups in total. The number of hydrogen-bond donors (Lipinski definition) is 0. The second kappa shape index (κ2) is 7.26. The van der Waals surface area contributed by atoms with Crippen molar-refractivity contribution in [3.8, 4) is 5.69 Å². The van der Waals surface area contributed by atoms with E-state index < -0.39 is 11.6 Å². The molecule has 0 saturated heterocycles. The van der Waals surface area contributed by atoms with Crippen LogP contribution in [0.25, 0.3) is 5.69 Å². The first-order valence-electron chi connectivity index (χ1n) is 8.47. The lowest BCUT2D eigenvalue weighted by atomic mass is 10.1. The van der Waals surface area contributed by atoms with Crippen LogP contribution in [0.1, 0.15) is 32.9 Å². The minimum Gasteiger partial charge on any atom is -0.336 e. The third-order valence-electron chi connectivity index (χ3n) is 4.30. The Kier molecular flexibility index (Phi) is 5.03. The molecular formula is C20H20F2N4O. The summed E-state index contributed by atoms with van der Waals surface area (Å²) >= 11 is 0. The van der Waals surface area contributed by atoms with Crippen molar-refractivity contribution in [1.29, 1.82) is 0 Å². The minimum absolute atomic E-state index is 0.131. The van der Waals surface area contributed by atoms with Gasteiger partial charge in [0.15, 0.2) is 17.3 Å². The molecule has 1 aromatic heterocycles. The van der Waals surface area contributed by atoms with Gasteiger partial charge in [-0.15, -0.1) is 5.10 Å². The maximum atomic E-state index is 13.4. The minimum atomic E-state index is -0.940. The summed E-state index contributed by atoms with van der Waals surface area (Å²) in [7, 11) is 1.58. The molecule has 0 spiro atoms. The molecule has 3 rings (SSSR count). The Hall–Kier alpha value is -3.09. The molecule has 140 valence electrons. The lowest BCUT2D eigenvalue weighted by Gasteiger charge is -2.16. The highest BCUT2D eigenvalue weighted by molar-refractivity contribution is 5.93. The van der Waals surface area contributed by atoms with Crippen LogP contribution in [-0.2, 0) is 6.54 Å². The zero-order valence-corrected chi connectivity index (χ0v) is 15.6. The second-order valence-electron chi connectivity index (χ2n) is 6.62. The number of carbonyl (C=O) groups is 1. The number of carbonyl (C=O) groups excluding carboxylic acids is 1. The van der Waals surface area contributed by atoms with E-state index in [0.717, 1.165) is 28.9 Å². The van der Waals surface area contributed by atoms with Gasteiger partial charge < -0.3 is 4.90 Å². The molecule has 0 aliphatic carbocycles. The number of hydrogen-bond acceptors (Lipinski definition) is 3. The van der Waals surface area contributed by atoms with Crippen LogP contribution >= 0.6 is 0 Å². The first kappa shape index (κ1) is 18.7. The van der Waals surface area contributed by atoms with Gasteiger partial charge in [0.05, 0.1) is 11.4 Å². The number of nitrogens with zero attached hydrogens (tertiary/aromatic N) is 4. The molecule has 1 amide bonds. The SMILES string of the molecule is Cc1ccc(-n2nc(C)c(C(=O)N(C)Cc3ccc(F)c(F)c3)n2)c(C)c1. The smallest absolute Gasteiger partial charge is 0.276 e. The van der Waals surface area contributed by atoms with E-state index in [1.807, 2.05) is 32.0 Å². The van der Waals surface area contributed by atoms with Gasteiger partial charge in [0.2, 0.25) is 0 Å². The van der Waals surface area contributed by atoms with Gasteiger partial charge in [-0.3, -0.25) is 4.79 Å². The first-order chi connectivity index (χ1) is 12.8. The van der Waals surface area contributed by atoms with E-state index in [-0.39, 0.29) is 18.1 Å². The molecule has 7 heteroatoms. The average molecular weight is 370 g/mol. The number of benzene rings is 2. The molecule has 3 aromatic rings. The van der Waals surface area contributed by atoms with Crippen molar-refractivity contribution in [3.05, 3.63) is 76.1 Å². The van der Waals surface area contributed by atoms with Crippen LogP contribution in [-0.4, -0.2) is 32.8 Å². The van der Waals surface area contributed by atoms with Crippen molar-refractivity contribution in [2.24, 2.45) is 0 Å². The van der Waals surface area contributed by atoms with Gasteiger partial charge in [-0.2, -0.15) is 9.90 Å². The van der Waals surface area contributed by atoms with E-state index in [2.05, 4.69) is 10.2 Å². The Morgan fingerprint density at radius 3 is 2.44 bits per heavy atom. The number of amides is 1. The molecule has 2 aromatic carbocycles. The van der Waals surface area contributed by atoms with E-state index in [9.17, 15) is 13.6 Å². The predicted molar refractivity (Wildman–Crippen MR) is 97.7 cm³/mol. The van der Waals surface area contributed by atoms with Crippen molar-refractivity contribution < 1.29 is 13.6 Å². The van der Waals surface area contributed by atoms with Crippen LogP contribution in [0.3, 0.4) is 0 Å². The fourth-order valence-corrected chi connectivity index (χ4v) is 2.88. The highest BCUT2D eigenvalue weighted by atomic mass is 19.2. The van der Waals surface area contributed by atoms with E-state index in [1.165, 1.54) is 15.8 Å². The maximum absolute atomic E-state index is 13.4. The van der Waals surface area contributed by atoms with Crippen LogP contribution < -0.4 is 0 Å². The Bertz CT molecular complexity index is 1010. The molecule has 0 aliphatic heterocycles. The average Bonchev–Trinajstić information content (AvgIpc) is 2.98. The van der Waals surface area contributed by atoms with Gasteiger partial charge >= 0.3 is 0 Å². The van der Waals surface area contributed by atoms with Gasteiger partial charge in [0, 0.05) is 13.6 Å². The molecule has 5 nitrogen and oxygen atoms in total. The van der Waals surface area contributed by atoms with Crippen LogP contribution in [0.4, 0.5) is 8.78 Å². The molecule has 0 fully saturated rings. The third-order valence-corrected chi connectivity index (χ3v) is 4.30. The van der Waals surface area contributed by atoms with Gasteiger partial charge in [-0.1, -0.05) is 23.8 Å². The fourth-order valence-electron chi connectivity index (χ4n) is 2.88. The van der Waals surface area contributed by atoms with E-state index in [4.69, 9.17) is 0 Å². The van der Waals surface area contributed by atoms with Crippen molar-refractivity contribution in [1.82, 2.24) is 19.9 Å². The van der Waals surface area contributed by atoms with E-state index >= 15 is 0 Å². The Morgan fingerprint density at radius 1 is 1.04 bits per heavy atom. The van der Waals surface area contributed by atoms with Crippen molar-refractivity contribution in [3.63, 3.8) is 0 Å². The van der Waals surface area contributed by atoms with Crippen molar-refractivity contribution >= 4 is 5.91 Å². The summed E-state index contributed by atoms with van der Waals surface area (Å²) in [5.74, 6) is -2.20. The molecular weight excluding hydrogens is 350 g/mol. The van der Waals surface area contributed by atoms with Gasteiger partial charge in [-0.05, 0) is 50.1 Å². The molecule has 0 unspecified atom stereocenters. The normalized spacial score (nSPS) is 10.9. The largest absolute Gasteiger partial charge is 0.336 e. The molecule has 0 bridgehead atoms. The number of aromatic nitrogens is 3. The van der Waals surface area contributed by atoms with Crippen molar-refractivity contribution in [2.75, 3.05) is 7.05 Å². The van der Waals surface area contributed by atoms with Crippen molar-refractivity contribution in [2.45, 2.75) is 27.3 Å². The first-order valence-corrected chi connectivity index (χ1v) is 8.47. The molecule has 0 saturated carbocycles. The highest BCUT2D eigenvalue weighted by Gasteiger charge is 2.21. The summed E-state index contributed by atoms with van der Waals surface area (Å²) in [6.07, 6.45) is 0. The van der Waals surface area contributed by atoms with Crippen LogP contribution in [0.5, 0.6) is 0 Å². The lowest BCUT2D eigenvalue weighted by Crippen LogP contribution is -2.27. The van der Waals surface area contributed by atoms with Crippen LogP contribution in [0.2, 0.25) is 0 Å². The van der Waals surface area contributed by atoms with Crippen LogP contribution in [0.15, 0.2) is 36.4 Å². The zero-order chi connectivity index (χ0) is 19.7. The second-order valence-corrected chi connectivity index (χ2v) is 6.62. The Balaban J connectivity index is 1.84. The summed E-state index contributed by atoms with van der Waals surface area (Å²) in [5, 5.41) is 8.70. The summed E-state index contributed by atoms with van der Waals surface area (Å²) in [4.78, 5) is 15.6. The molecule has 0 radical (unpaired) electrons.